The van der Waals surface area contributed by atoms with Crippen molar-refractivity contribution in [3.05, 3.63) is 40.3 Å². The minimum atomic E-state index is -0.706. The summed E-state index contributed by atoms with van der Waals surface area (Å²) in [5.74, 6) is -1.09. The van der Waals surface area contributed by atoms with E-state index in [-0.39, 0.29) is 18.7 Å². The number of esters is 1. The summed E-state index contributed by atoms with van der Waals surface area (Å²) in [6, 6.07) is 7.74. The van der Waals surface area contributed by atoms with Crippen molar-refractivity contribution in [1.82, 2.24) is 0 Å². The predicted octanol–water partition coefficient (Wildman–Crippen LogP) is 3.02. The second-order valence-electron chi connectivity index (χ2n) is 7.56. The van der Waals surface area contributed by atoms with Crippen LogP contribution in [0.2, 0.25) is 0 Å². The summed E-state index contributed by atoms with van der Waals surface area (Å²) >= 11 is 0. The number of piperidine rings is 1. The Morgan fingerprint density at radius 1 is 1.32 bits per heavy atom. The second kappa shape index (κ2) is 7.04. The number of ether oxygens (including phenoxy) is 1. The number of aliphatic hydroxyl groups is 1. The Morgan fingerprint density at radius 2 is 1.92 bits per heavy atom. The number of quaternary nitrogens is 1. The monoisotopic (exact) mass is 345 g/mol. The zero-order valence-corrected chi connectivity index (χ0v) is 14.7. The molecule has 1 aromatic rings. The van der Waals surface area contributed by atoms with Crippen molar-refractivity contribution in [2.45, 2.75) is 49.8 Å². The molecule has 0 aliphatic carbocycles. The van der Waals surface area contributed by atoms with E-state index in [1.165, 1.54) is 12.8 Å². The first-order valence-electron chi connectivity index (χ1n) is 8.75. The molecular formula is C18H25N4O3+. The lowest BCUT2D eigenvalue weighted by atomic mass is 9.96. The molecule has 2 unspecified atom stereocenters. The molecule has 2 saturated heterocycles. The number of benzene rings is 1. The molecule has 3 rings (SSSR count). The number of hydrogen-bond donors (Lipinski definition) is 1. The number of hydrogen-bond acceptors (Lipinski definition) is 4. The number of fused-ring (bicyclic) bond motifs is 2. The smallest absolute Gasteiger partial charge is 0.316 e. The first-order chi connectivity index (χ1) is 12.0. The molecule has 0 spiro atoms. The lowest BCUT2D eigenvalue weighted by molar-refractivity contribution is -0.931. The van der Waals surface area contributed by atoms with Crippen LogP contribution in [0.5, 0.6) is 0 Å². The molecule has 0 radical (unpaired) electrons. The number of carbonyl (C=O) groups is 1. The molecule has 0 aromatic heterocycles. The molecular weight excluding hydrogens is 320 g/mol. The highest BCUT2D eigenvalue weighted by molar-refractivity contribution is 5.78. The minimum absolute atomic E-state index is 0.0623. The fourth-order valence-corrected chi connectivity index (χ4v) is 4.31. The summed E-state index contributed by atoms with van der Waals surface area (Å²) in [7, 11) is 4.53. The highest BCUT2D eigenvalue weighted by Crippen LogP contribution is 2.40. The maximum absolute atomic E-state index is 12.6. The second-order valence-corrected chi connectivity index (χ2v) is 7.56. The zero-order valence-electron chi connectivity index (χ0n) is 14.7. The third-order valence-electron chi connectivity index (χ3n) is 5.99. The SMILES string of the molecule is C[N+]1(C)[C@@H]2CC[C@H]1CC(OC(=O)C(CO)c1ccc(N=[N+]=[N-])cc1)C2. The molecule has 2 aliphatic heterocycles. The van der Waals surface area contributed by atoms with Gasteiger partial charge in [0.1, 0.15) is 12.0 Å². The van der Waals surface area contributed by atoms with Crippen molar-refractivity contribution < 1.29 is 19.1 Å². The van der Waals surface area contributed by atoms with Crippen molar-refractivity contribution in [3.63, 3.8) is 0 Å². The number of azide groups is 1. The third-order valence-corrected chi connectivity index (χ3v) is 5.99. The van der Waals surface area contributed by atoms with Gasteiger partial charge >= 0.3 is 5.97 Å². The van der Waals surface area contributed by atoms with Crippen molar-refractivity contribution in [1.29, 1.82) is 0 Å². The van der Waals surface area contributed by atoms with Gasteiger partial charge in [0.25, 0.3) is 0 Å². The van der Waals surface area contributed by atoms with Gasteiger partial charge in [-0.15, -0.1) is 0 Å². The van der Waals surface area contributed by atoms with Crippen molar-refractivity contribution in [2.75, 3.05) is 20.7 Å². The van der Waals surface area contributed by atoms with Crippen molar-refractivity contribution in [2.24, 2.45) is 5.11 Å². The van der Waals surface area contributed by atoms with Crippen LogP contribution in [0, 0.1) is 0 Å². The van der Waals surface area contributed by atoms with E-state index in [1.54, 1.807) is 24.3 Å². The molecule has 4 atom stereocenters. The highest BCUT2D eigenvalue weighted by atomic mass is 16.5. The number of carbonyl (C=O) groups excluding carboxylic acids is 1. The Labute approximate surface area is 147 Å². The van der Waals surface area contributed by atoms with Gasteiger partial charge in [-0.2, -0.15) is 0 Å². The molecule has 0 amide bonds. The van der Waals surface area contributed by atoms with Gasteiger partial charge in [-0.1, -0.05) is 29.4 Å². The summed E-state index contributed by atoms with van der Waals surface area (Å²) in [6.45, 7) is -0.305. The van der Waals surface area contributed by atoms with Crippen LogP contribution in [0.3, 0.4) is 0 Å². The standard InChI is InChI=1S/C18H25N4O3/c1-22(2)14-7-8-15(22)10-16(9-14)25-18(24)17(11-23)12-3-5-13(6-4-12)20-21-19/h3-6,14-17,23H,7-11H2,1-2H3/q+1/t14-,15+,16?,17?. The molecule has 25 heavy (non-hydrogen) atoms. The molecule has 134 valence electrons. The number of nitrogens with zero attached hydrogens (tertiary/aromatic N) is 4. The predicted molar refractivity (Wildman–Crippen MR) is 93.1 cm³/mol. The first-order valence-corrected chi connectivity index (χ1v) is 8.75. The third kappa shape index (κ3) is 3.49. The van der Waals surface area contributed by atoms with Gasteiger partial charge in [0.2, 0.25) is 0 Å². The Balaban J connectivity index is 1.66. The van der Waals surface area contributed by atoms with E-state index in [0.717, 1.165) is 17.3 Å². The zero-order chi connectivity index (χ0) is 18.0. The fraction of sp³-hybridized carbons (Fsp3) is 0.611. The van der Waals surface area contributed by atoms with Crippen LogP contribution in [0.1, 0.15) is 37.2 Å². The van der Waals surface area contributed by atoms with Gasteiger partial charge in [0.05, 0.1) is 32.8 Å². The van der Waals surface area contributed by atoms with Crippen LogP contribution in [-0.2, 0) is 9.53 Å². The molecule has 7 nitrogen and oxygen atoms in total. The molecule has 2 fully saturated rings. The quantitative estimate of drug-likeness (QED) is 0.292. The van der Waals surface area contributed by atoms with Gasteiger partial charge in [-0.25, -0.2) is 0 Å². The van der Waals surface area contributed by atoms with E-state index in [2.05, 4.69) is 24.1 Å². The highest BCUT2D eigenvalue weighted by Gasteiger charge is 2.50. The van der Waals surface area contributed by atoms with E-state index in [9.17, 15) is 9.90 Å². The normalized spacial score (nSPS) is 28.0. The molecule has 0 saturated carbocycles. The molecule has 1 aromatic carbocycles. The van der Waals surface area contributed by atoms with Crippen LogP contribution in [-0.4, -0.2) is 54.4 Å². The summed E-state index contributed by atoms with van der Waals surface area (Å²) in [5.41, 5.74) is 9.58. The Morgan fingerprint density at radius 3 is 2.44 bits per heavy atom. The molecule has 2 bridgehead atoms. The topological polar surface area (TPSA) is 95.3 Å². The number of rotatable bonds is 5. The molecule has 7 heteroatoms. The lowest BCUT2D eigenvalue weighted by Crippen LogP contribution is -2.56. The fourth-order valence-electron chi connectivity index (χ4n) is 4.31. The molecule has 2 aliphatic rings. The van der Waals surface area contributed by atoms with E-state index in [0.29, 0.717) is 23.3 Å². The van der Waals surface area contributed by atoms with Gasteiger partial charge in [0, 0.05) is 36.3 Å². The summed E-state index contributed by atoms with van der Waals surface area (Å²) in [5, 5.41) is 13.2. The van der Waals surface area contributed by atoms with Gasteiger partial charge in [-0.3, -0.25) is 4.79 Å². The van der Waals surface area contributed by atoms with Crippen molar-refractivity contribution in [3.8, 4) is 0 Å². The molecule has 1 N–H and O–H groups in total. The summed E-state index contributed by atoms with van der Waals surface area (Å²) in [6.07, 6.45) is 4.10. The van der Waals surface area contributed by atoms with E-state index in [4.69, 9.17) is 10.3 Å². The Kier molecular flexibility index (Phi) is 4.99. The van der Waals surface area contributed by atoms with Crippen LogP contribution in [0.15, 0.2) is 29.4 Å². The largest absolute Gasteiger partial charge is 0.461 e. The van der Waals surface area contributed by atoms with E-state index >= 15 is 0 Å². The summed E-state index contributed by atoms with van der Waals surface area (Å²) in [4.78, 5) is 15.3. The van der Waals surface area contributed by atoms with Crippen molar-refractivity contribution >= 4 is 11.7 Å². The summed E-state index contributed by atoms with van der Waals surface area (Å²) < 4.78 is 6.79. The van der Waals surface area contributed by atoms with E-state index in [1.807, 2.05) is 0 Å². The van der Waals surface area contributed by atoms with Gasteiger partial charge in [-0.05, 0) is 11.1 Å². The van der Waals surface area contributed by atoms with Gasteiger partial charge in [0.15, 0.2) is 0 Å². The van der Waals surface area contributed by atoms with Crippen LogP contribution < -0.4 is 0 Å². The minimum Gasteiger partial charge on any atom is -0.461 e. The lowest BCUT2D eigenvalue weighted by Gasteiger charge is -2.44. The Hall–Kier alpha value is -2.08. The van der Waals surface area contributed by atoms with Crippen LogP contribution >= 0.6 is 0 Å². The van der Waals surface area contributed by atoms with Crippen LogP contribution in [0.25, 0.3) is 10.4 Å². The van der Waals surface area contributed by atoms with Crippen LogP contribution in [0.4, 0.5) is 5.69 Å². The maximum Gasteiger partial charge on any atom is 0.316 e. The average Bonchev–Trinajstić information content (AvgIpc) is 2.76. The maximum atomic E-state index is 12.6. The number of aliphatic hydroxyl groups excluding tert-OH is 1. The van der Waals surface area contributed by atoms with E-state index < -0.39 is 5.92 Å². The van der Waals surface area contributed by atoms with Gasteiger partial charge < -0.3 is 14.3 Å². The first kappa shape index (κ1) is 17.7. The molecule has 2 heterocycles. The average molecular weight is 345 g/mol. The Bertz CT molecular complexity index is 666.